The maximum Gasteiger partial charge on any atom is 0.123 e. The van der Waals surface area contributed by atoms with E-state index in [-0.39, 0.29) is 10.8 Å². The Bertz CT molecular complexity index is 734. The summed E-state index contributed by atoms with van der Waals surface area (Å²) in [6.45, 7) is 12.6. The summed E-state index contributed by atoms with van der Waals surface area (Å²) in [7, 11) is 0. The first-order valence-electron chi connectivity index (χ1n) is 8.17. The number of aromatic hydroxyl groups is 1. The topological polar surface area (TPSA) is 56.0 Å². The number of hydrogen-bond acceptors (Lipinski definition) is 3. The fourth-order valence-corrected chi connectivity index (χ4v) is 2.64. The molecule has 2 aromatic rings. The van der Waals surface area contributed by atoms with E-state index < -0.39 is 0 Å². The van der Waals surface area contributed by atoms with E-state index >= 15 is 0 Å². The molecule has 0 aliphatic rings. The van der Waals surface area contributed by atoms with Crippen molar-refractivity contribution < 1.29 is 5.11 Å². The van der Waals surface area contributed by atoms with Gasteiger partial charge in [0, 0.05) is 22.5 Å². The van der Waals surface area contributed by atoms with Gasteiger partial charge in [0.25, 0.3) is 0 Å². The van der Waals surface area contributed by atoms with Crippen LogP contribution in [-0.4, -0.2) is 5.11 Å². The molecule has 2 rings (SSSR count). The predicted octanol–water partition coefficient (Wildman–Crippen LogP) is 5.60. The SMILES string of the molecule is CC(C)(C)c1cc(Nc2ccc(C#N)cc2)cc(C(C)(C)C)c1O. The molecule has 0 saturated carbocycles. The number of nitrogens with zero attached hydrogens (tertiary/aromatic N) is 1. The van der Waals surface area contributed by atoms with E-state index in [1.54, 1.807) is 12.1 Å². The van der Waals surface area contributed by atoms with Crippen LogP contribution in [0.5, 0.6) is 5.75 Å². The lowest BCUT2D eigenvalue weighted by Crippen LogP contribution is -2.17. The lowest BCUT2D eigenvalue weighted by molar-refractivity contribution is 0.423. The van der Waals surface area contributed by atoms with Crippen LogP contribution < -0.4 is 5.32 Å². The molecule has 0 heterocycles. The third-order valence-corrected chi connectivity index (χ3v) is 4.03. The van der Waals surface area contributed by atoms with Gasteiger partial charge >= 0.3 is 0 Å². The highest BCUT2D eigenvalue weighted by Gasteiger charge is 2.26. The molecule has 3 heteroatoms. The lowest BCUT2D eigenvalue weighted by atomic mass is 9.79. The average molecular weight is 322 g/mol. The zero-order valence-electron chi connectivity index (χ0n) is 15.4. The van der Waals surface area contributed by atoms with Crippen LogP contribution in [-0.2, 0) is 10.8 Å². The summed E-state index contributed by atoms with van der Waals surface area (Å²) < 4.78 is 0. The van der Waals surface area contributed by atoms with Gasteiger partial charge in [-0.3, -0.25) is 0 Å². The van der Waals surface area contributed by atoms with Crippen molar-refractivity contribution in [3.05, 3.63) is 53.1 Å². The number of phenols is 1. The van der Waals surface area contributed by atoms with E-state index in [4.69, 9.17) is 5.26 Å². The Morgan fingerprint density at radius 1 is 0.833 bits per heavy atom. The van der Waals surface area contributed by atoms with Crippen molar-refractivity contribution in [2.75, 3.05) is 5.32 Å². The van der Waals surface area contributed by atoms with Crippen LogP contribution in [0.3, 0.4) is 0 Å². The summed E-state index contributed by atoms with van der Waals surface area (Å²) in [5.74, 6) is 0.375. The number of rotatable bonds is 2. The van der Waals surface area contributed by atoms with Crippen molar-refractivity contribution in [3.8, 4) is 11.8 Å². The Morgan fingerprint density at radius 3 is 1.67 bits per heavy atom. The summed E-state index contributed by atoms with van der Waals surface area (Å²) in [5, 5.41) is 23.0. The summed E-state index contributed by atoms with van der Waals surface area (Å²) >= 11 is 0. The number of nitrogens with one attached hydrogen (secondary N) is 1. The van der Waals surface area contributed by atoms with Crippen LogP contribution in [0.4, 0.5) is 11.4 Å². The highest BCUT2D eigenvalue weighted by Crippen LogP contribution is 2.41. The minimum atomic E-state index is -0.160. The molecule has 0 aromatic heterocycles. The monoisotopic (exact) mass is 322 g/mol. The van der Waals surface area contributed by atoms with Crippen LogP contribution in [0.15, 0.2) is 36.4 Å². The van der Waals surface area contributed by atoms with Gasteiger partial charge in [-0.25, -0.2) is 0 Å². The number of hydrogen-bond donors (Lipinski definition) is 2. The van der Waals surface area contributed by atoms with E-state index in [2.05, 4.69) is 52.9 Å². The van der Waals surface area contributed by atoms with Crippen LogP contribution in [0.25, 0.3) is 0 Å². The Kier molecular flexibility index (Phi) is 4.62. The molecule has 3 nitrogen and oxygen atoms in total. The zero-order valence-corrected chi connectivity index (χ0v) is 15.4. The van der Waals surface area contributed by atoms with Gasteiger partial charge in [-0.05, 0) is 47.2 Å². The van der Waals surface area contributed by atoms with Crippen LogP contribution in [0.2, 0.25) is 0 Å². The lowest BCUT2D eigenvalue weighted by Gasteiger charge is -2.28. The van der Waals surface area contributed by atoms with E-state index in [1.165, 1.54) is 0 Å². The highest BCUT2D eigenvalue weighted by molar-refractivity contribution is 5.66. The van der Waals surface area contributed by atoms with Gasteiger partial charge in [0.05, 0.1) is 11.6 Å². The first-order valence-corrected chi connectivity index (χ1v) is 8.17. The van der Waals surface area contributed by atoms with Gasteiger partial charge in [-0.1, -0.05) is 41.5 Å². The molecule has 0 atom stereocenters. The fraction of sp³-hybridized carbons (Fsp3) is 0.381. The molecule has 0 fully saturated rings. The van der Waals surface area contributed by atoms with E-state index in [9.17, 15) is 5.11 Å². The minimum absolute atomic E-state index is 0.160. The van der Waals surface area contributed by atoms with E-state index in [1.807, 2.05) is 24.3 Å². The Balaban J connectivity index is 2.51. The van der Waals surface area contributed by atoms with Crippen LogP contribution >= 0.6 is 0 Å². The molecule has 0 radical (unpaired) electrons. The second-order valence-corrected chi connectivity index (χ2v) is 8.23. The third kappa shape index (κ3) is 3.89. The van der Waals surface area contributed by atoms with Gasteiger partial charge in [-0.2, -0.15) is 5.26 Å². The molecular formula is C21H26N2O. The van der Waals surface area contributed by atoms with E-state index in [0.29, 0.717) is 11.3 Å². The van der Waals surface area contributed by atoms with Crippen LogP contribution in [0.1, 0.15) is 58.2 Å². The molecule has 0 aliphatic heterocycles. The number of nitriles is 1. The number of anilines is 2. The third-order valence-electron chi connectivity index (χ3n) is 4.03. The summed E-state index contributed by atoms with van der Waals surface area (Å²) in [5.41, 5.74) is 4.01. The molecule has 0 spiro atoms. The second-order valence-electron chi connectivity index (χ2n) is 8.23. The van der Waals surface area contributed by atoms with Crippen molar-refractivity contribution >= 4 is 11.4 Å². The van der Waals surface area contributed by atoms with Crippen molar-refractivity contribution in [1.29, 1.82) is 5.26 Å². The summed E-state index contributed by atoms with van der Waals surface area (Å²) in [6.07, 6.45) is 0. The number of phenolic OH excluding ortho intramolecular Hbond substituents is 1. The maximum absolute atomic E-state index is 10.8. The van der Waals surface area contributed by atoms with Crippen molar-refractivity contribution in [1.82, 2.24) is 0 Å². The molecular weight excluding hydrogens is 296 g/mol. The maximum atomic E-state index is 10.8. The predicted molar refractivity (Wildman–Crippen MR) is 99.9 cm³/mol. The molecule has 0 aliphatic carbocycles. The van der Waals surface area contributed by atoms with Gasteiger partial charge in [0.1, 0.15) is 5.75 Å². The average Bonchev–Trinajstić information content (AvgIpc) is 2.47. The second kappa shape index (κ2) is 6.20. The summed E-state index contributed by atoms with van der Waals surface area (Å²) in [6, 6.07) is 13.5. The van der Waals surface area contributed by atoms with Crippen molar-refractivity contribution in [2.24, 2.45) is 0 Å². The van der Waals surface area contributed by atoms with Crippen LogP contribution in [0, 0.1) is 11.3 Å². The first kappa shape index (κ1) is 17.9. The minimum Gasteiger partial charge on any atom is -0.507 e. The quantitative estimate of drug-likeness (QED) is 0.707. The van der Waals surface area contributed by atoms with Crippen molar-refractivity contribution in [3.63, 3.8) is 0 Å². The van der Waals surface area contributed by atoms with Gasteiger partial charge in [0.2, 0.25) is 0 Å². The van der Waals surface area contributed by atoms with Gasteiger partial charge in [-0.15, -0.1) is 0 Å². The Labute approximate surface area is 145 Å². The molecule has 0 unspecified atom stereocenters. The fourth-order valence-electron chi connectivity index (χ4n) is 2.64. The molecule has 2 aromatic carbocycles. The standard InChI is InChI=1S/C21H26N2O/c1-20(2,3)17-11-16(12-18(19(17)24)21(4,5)6)23-15-9-7-14(13-22)8-10-15/h7-12,23-24H,1-6H3. The van der Waals surface area contributed by atoms with Crippen molar-refractivity contribution in [2.45, 2.75) is 52.4 Å². The molecule has 0 saturated heterocycles. The molecule has 24 heavy (non-hydrogen) atoms. The smallest absolute Gasteiger partial charge is 0.123 e. The first-order chi connectivity index (χ1) is 11.0. The Hall–Kier alpha value is -2.47. The Morgan fingerprint density at radius 2 is 1.29 bits per heavy atom. The van der Waals surface area contributed by atoms with Gasteiger partial charge in [0.15, 0.2) is 0 Å². The molecule has 0 amide bonds. The van der Waals surface area contributed by atoms with E-state index in [0.717, 1.165) is 22.5 Å². The molecule has 2 N–H and O–H groups in total. The largest absolute Gasteiger partial charge is 0.507 e. The zero-order chi connectivity index (χ0) is 18.1. The normalized spacial score (nSPS) is 11.9. The summed E-state index contributed by atoms with van der Waals surface area (Å²) in [4.78, 5) is 0. The number of benzene rings is 2. The highest BCUT2D eigenvalue weighted by atomic mass is 16.3. The molecule has 126 valence electrons. The molecule has 0 bridgehead atoms. The van der Waals surface area contributed by atoms with Gasteiger partial charge < -0.3 is 10.4 Å².